The fourth-order valence-corrected chi connectivity index (χ4v) is 2.58. The smallest absolute Gasteiger partial charge is 0.330 e. The van der Waals surface area contributed by atoms with Crippen molar-refractivity contribution >= 4 is 11.5 Å². The maximum atomic E-state index is 12.4. The van der Waals surface area contributed by atoms with Gasteiger partial charge in [-0.05, 0) is 12.8 Å². The molecule has 0 aromatic carbocycles. The summed E-state index contributed by atoms with van der Waals surface area (Å²) in [6, 6.07) is 1.79. The topological polar surface area (TPSA) is 119 Å². The number of methoxy groups -OCH3 is 1. The number of rotatable bonds is 8. The predicted molar refractivity (Wildman–Crippen MR) is 94.7 cm³/mol. The van der Waals surface area contributed by atoms with Gasteiger partial charge in [0.1, 0.15) is 11.5 Å². The molecule has 138 valence electrons. The normalized spacial score (nSPS) is 11.2. The zero-order valence-corrected chi connectivity index (χ0v) is 15.0. The minimum Gasteiger partial charge on any atom is -0.383 e. The molecule has 0 amide bonds. The van der Waals surface area contributed by atoms with Gasteiger partial charge < -0.3 is 19.9 Å². The number of H-pyrrole nitrogens is 1. The maximum absolute atomic E-state index is 12.4. The molecule has 9 nitrogen and oxygen atoms in total. The van der Waals surface area contributed by atoms with Crippen LogP contribution >= 0.6 is 0 Å². The molecule has 0 aliphatic heterocycles. The summed E-state index contributed by atoms with van der Waals surface area (Å²) in [7, 11) is 1.57. The molecule has 2 aromatic heterocycles. The molecule has 0 radical (unpaired) electrons. The van der Waals surface area contributed by atoms with Gasteiger partial charge in [-0.2, -0.15) is 0 Å². The second-order valence-electron chi connectivity index (χ2n) is 6.35. The van der Waals surface area contributed by atoms with E-state index in [1.807, 2.05) is 20.8 Å². The van der Waals surface area contributed by atoms with Crippen molar-refractivity contribution in [3.8, 4) is 0 Å². The van der Waals surface area contributed by atoms with Crippen molar-refractivity contribution in [1.29, 1.82) is 0 Å². The molecule has 0 aliphatic carbocycles. The van der Waals surface area contributed by atoms with E-state index in [1.54, 1.807) is 18.1 Å². The first kappa shape index (κ1) is 18.8. The molecule has 0 spiro atoms. The monoisotopic (exact) mass is 351 g/mol. The first-order chi connectivity index (χ1) is 11.8. The van der Waals surface area contributed by atoms with Crippen molar-refractivity contribution in [2.45, 2.75) is 33.9 Å². The third kappa shape index (κ3) is 4.50. The summed E-state index contributed by atoms with van der Waals surface area (Å²) < 4.78 is 11.7. The third-order valence-electron chi connectivity index (χ3n) is 3.67. The Balaban J connectivity index is 2.47. The van der Waals surface area contributed by atoms with E-state index in [0.29, 0.717) is 25.5 Å². The summed E-state index contributed by atoms with van der Waals surface area (Å²) in [6.07, 6.45) is 0. The number of aromatic amines is 1. The third-order valence-corrected chi connectivity index (χ3v) is 3.67. The molecule has 0 bridgehead atoms. The van der Waals surface area contributed by atoms with Crippen LogP contribution in [0.1, 0.15) is 25.3 Å². The van der Waals surface area contributed by atoms with E-state index in [-0.39, 0.29) is 24.0 Å². The Morgan fingerprint density at radius 3 is 2.72 bits per heavy atom. The molecule has 3 N–H and O–H groups in total. The summed E-state index contributed by atoms with van der Waals surface area (Å²) >= 11 is 0. The lowest BCUT2D eigenvalue weighted by Gasteiger charge is -2.25. The van der Waals surface area contributed by atoms with Crippen molar-refractivity contribution in [2.24, 2.45) is 5.92 Å². The Bertz CT molecular complexity index is 821. The molecule has 0 atom stereocenters. The summed E-state index contributed by atoms with van der Waals surface area (Å²) in [4.78, 5) is 28.6. The van der Waals surface area contributed by atoms with E-state index < -0.39 is 11.2 Å². The number of nitrogens with two attached hydrogens (primary N) is 1. The SMILES string of the molecule is COCCN(Cc1cc(C)no1)c1c(N)n(CC(C)C)c(=O)[nH]c1=O. The second-order valence-corrected chi connectivity index (χ2v) is 6.35. The van der Waals surface area contributed by atoms with Crippen LogP contribution < -0.4 is 21.9 Å². The number of nitrogen functional groups attached to an aromatic ring is 1. The molecule has 9 heteroatoms. The molecular formula is C16H25N5O4. The van der Waals surface area contributed by atoms with Crippen LogP contribution in [0.5, 0.6) is 0 Å². The Hall–Kier alpha value is -2.55. The van der Waals surface area contributed by atoms with Gasteiger partial charge in [-0.15, -0.1) is 0 Å². The number of hydrogen-bond acceptors (Lipinski definition) is 7. The highest BCUT2D eigenvalue weighted by molar-refractivity contribution is 5.62. The zero-order valence-electron chi connectivity index (χ0n) is 15.0. The molecule has 2 heterocycles. The van der Waals surface area contributed by atoms with Crippen molar-refractivity contribution < 1.29 is 9.26 Å². The highest BCUT2D eigenvalue weighted by Crippen LogP contribution is 2.20. The number of anilines is 2. The summed E-state index contributed by atoms with van der Waals surface area (Å²) in [5, 5.41) is 3.85. The van der Waals surface area contributed by atoms with Gasteiger partial charge in [0.15, 0.2) is 5.76 Å². The molecule has 0 saturated carbocycles. The Kier molecular flexibility index (Phi) is 6.02. The van der Waals surface area contributed by atoms with Crippen LogP contribution in [0, 0.1) is 12.8 Å². The summed E-state index contributed by atoms with van der Waals surface area (Å²) in [5.74, 6) is 0.923. The Morgan fingerprint density at radius 1 is 1.44 bits per heavy atom. The van der Waals surface area contributed by atoms with Gasteiger partial charge in [-0.3, -0.25) is 14.3 Å². The maximum Gasteiger partial charge on any atom is 0.330 e. The van der Waals surface area contributed by atoms with E-state index in [1.165, 1.54) is 4.57 Å². The first-order valence-corrected chi connectivity index (χ1v) is 8.12. The van der Waals surface area contributed by atoms with Crippen molar-refractivity contribution in [3.63, 3.8) is 0 Å². The van der Waals surface area contributed by atoms with Gasteiger partial charge in [-0.1, -0.05) is 19.0 Å². The fourth-order valence-electron chi connectivity index (χ4n) is 2.58. The van der Waals surface area contributed by atoms with Gasteiger partial charge in [0.25, 0.3) is 5.56 Å². The number of aryl methyl sites for hydroxylation is 1. The van der Waals surface area contributed by atoms with Gasteiger partial charge in [-0.25, -0.2) is 4.79 Å². The first-order valence-electron chi connectivity index (χ1n) is 8.12. The van der Waals surface area contributed by atoms with E-state index in [0.717, 1.165) is 5.69 Å². The summed E-state index contributed by atoms with van der Waals surface area (Å²) in [6.45, 7) is 7.24. The molecule has 2 aromatic rings. The number of nitrogens with one attached hydrogen (secondary N) is 1. The fraction of sp³-hybridized carbons (Fsp3) is 0.562. The van der Waals surface area contributed by atoms with Gasteiger partial charge in [0, 0.05) is 26.3 Å². The molecule has 0 fully saturated rings. The van der Waals surface area contributed by atoms with E-state index >= 15 is 0 Å². The minimum absolute atomic E-state index is 0.134. The molecule has 0 saturated heterocycles. The Labute approximate surface area is 145 Å². The molecule has 2 rings (SSSR count). The van der Waals surface area contributed by atoms with Crippen LogP contribution in [-0.2, 0) is 17.8 Å². The zero-order chi connectivity index (χ0) is 18.6. The van der Waals surface area contributed by atoms with Crippen molar-refractivity contribution in [2.75, 3.05) is 30.9 Å². The van der Waals surface area contributed by atoms with Gasteiger partial charge in [0.2, 0.25) is 0 Å². The molecule has 0 unspecified atom stereocenters. The number of nitrogens with zero attached hydrogens (tertiary/aromatic N) is 3. The summed E-state index contributed by atoms with van der Waals surface area (Å²) in [5.41, 5.74) is 6.11. The standard InChI is InChI=1S/C16H25N5O4/c1-10(2)8-21-14(17)13(15(22)18-16(21)23)20(5-6-24-4)9-12-7-11(3)19-25-12/h7,10H,5-6,8-9,17H2,1-4H3,(H,18,22,23). The van der Waals surface area contributed by atoms with Crippen LogP contribution in [-0.4, -0.2) is 35.0 Å². The van der Waals surface area contributed by atoms with E-state index in [2.05, 4.69) is 10.1 Å². The predicted octanol–water partition coefficient (Wildman–Crippen LogP) is 0.724. The van der Waals surface area contributed by atoms with Crippen LogP contribution in [0.15, 0.2) is 20.2 Å². The highest BCUT2D eigenvalue weighted by Gasteiger charge is 2.20. The largest absolute Gasteiger partial charge is 0.383 e. The number of aromatic nitrogens is 3. The number of ether oxygens (including phenoxy) is 1. The molecule has 0 aliphatic rings. The van der Waals surface area contributed by atoms with Crippen molar-refractivity contribution in [3.05, 3.63) is 38.4 Å². The van der Waals surface area contributed by atoms with E-state index in [9.17, 15) is 9.59 Å². The minimum atomic E-state index is -0.533. The molecule has 25 heavy (non-hydrogen) atoms. The van der Waals surface area contributed by atoms with Crippen molar-refractivity contribution in [1.82, 2.24) is 14.7 Å². The Morgan fingerprint density at radius 2 is 2.16 bits per heavy atom. The van der Waals surface area contributed by atoms with Crippen LogP contribution in [0.4, 0.5) is 11.5 Å². The van der Waals surface area contributed by atoms with Gasteiger partial charge in [0.05, 0.1) is 18.8 Å². The van der Waals surface area contributed by atoms with Crippen LogP contribution in [0.25, 0.3) is 0 Å². The van der Waals surface area contributed by atoms with Crippen LogP contribution in [0.2, 0.25) is 0 Å². The van der Waals surface area contributed by atoms with Crippen LogP contribution in [0.3, 0.4) is 0 Å². The lowest BCUT2D eigenvalue weighted by atomic mass is 10.2. The quantitative estimate of drug-likeness (QED) is 0.719. The second kappa shape index (κ2) is 8.02. The molecular weight excluding hydrogens is 326 g/mol. The van der Waals surface area contributed by atoms with Gasteiger partial charge >= 0.3 is 5.69 Å². The lowest BCUT2D eigenvalue weighted by molar-refractivity contribution is 0.204. The number of hydrogen-bond donors (Lipinski definition) is 2. The van der Waals surface area contributed by atoms with E-state index in [4.69, 9.17) is 15.0 Å². The highest BCUT2D eigenvalue weighted by atomic mass is 16.5. The average molecular weight is 351 g/mol. The lowest BCUT2D eigenvalue weighted by Crippen LogP contribution is -2.39. The average Bonchev–Trinajstić information content (AvgIpc) is 2.93.